The molecule has 0 aliphatic rings. The first-order chi connectivity index (χ1) is 13.3. The number of hydrogen-bond donors (Lipinski definition) is 2. The van der Waals surface area contributed by atoms with Gasteiger partial charge in [0.05, 0.1) is 12.2 Å². The van der Waals surface area contributed by atoms with E-state index in [0.717, 1.165) is 22.0 Å². The predicted octanol–water partition coefficient (Wildman–Crippen LogP) is 3.38. The Labute approximate surface area is 199 Å². The van der Waals surface area contributed by atoms with Crippen LogP contribution in [-0.2, 0) is 23.0 Å². The number of halogens is 1. The molecule has 2 rings (SSSR count). The van der Waals surface area contributed by atoms with E-state index < -0.39 is 10.0 Å². The predicted molar refractivity (Wildman–Crippen MR) is 133 cm³/mol. The molecule has 164 valence electrons. The van der Waals surface area contributed by atoms with Gasteiger partial charge in [-0.1, -0.05) is 13.8 Å². The molecule has 2 aromatic heterocycles. The van der Waals surface area contributed by atoms with Gasteiger partial charge < -0.3 is 10.6 Å². The van der Waals surface area contributed by atoms with E-state index in [1.54, 1.807) is 24.5 Å². The van der Waals surface area contributed by atoms with Gasteiger partial charge >= 0.3 is 0 Å². The molecule has 0 amide bonds. The van der Waals surface area contributed by atoms with Crippen LogP contribution in [0.5, 0.6) is 0 Å². The lowest BCUT2D eigenvalue weighted by molar-refractivity contribution is 0.447. The summed E-state index contributed by atoms with van der Waals surface area (Å²) in [5.41, 5.74) is 1.07. The average Bonchev–Trinajstić information content (AvgIpc) is 3.26. The van der Waals surface area contributed by atoms with Crippen molar-refractivity contribution in [2.45, 2.75) is 44.9 Å². The minimum absolute atomic E-state index is 0. The molecule has 0 aromatic carbocycles. The van der Waals surface area contributed by atoms with Crippen LogP contribution < -0.4 is 10.6 Å². The highest BCUT2D eigenvalue weighted by molar-refractivity contribution is 14.0. The minimum Gasteiger partial charge on any atom is -0.356 e. The molecule has 0 radical (unpaired) electrons. The Morgan fingerprint density at radius 3 is 2.41 bits per heavy atom. The Morgan fingerprint density at radius 1 is 1.17 bits per heavy atom. The van der Waals surface area contributed by atoms with E-state index in [9.17, 15) is 8.42 Å². The molecule has 0 aliphatic carbocycles. The Bertz CT molecular complexity index is 885. The van der Waals surface area contributed by atoms with Crippen LogP contribution in [0.4, 0.5) is 0 Å². The van der Waals surface area contributed by atoms with Crippen molar-refractivity contribution in [1.82, 2.24) is 19.9 Å². The van der Waals surface area contributed by atoms with Crippen LogP contribution >= 0.6 is 46.7 Å². The summed E-state index contributed by atoms with van der Waals surface area (Å²) in [5.74, 6) is 0.707. The molecule has 2 aromatic rings. The zero-order valence-corrected chi connectivity index (χ0v) is 22.3. The Hall–Kier alpha value is -0.760. The van der Waals surface area contributed by atoms with Crippen molar-refractivity contribution in [3.05, 3.63) is 32.6 Å². The molecule has 0 saturated carbocycles. The van der Waals surface area contributed by atoms with Crippen molar-refractivity contribution in [2.24, 2.45) is 4.99 Å². The normalized spacial score (nSPS) is 12.1. The van der Waals surface area contributed by atoms with Gasteiger partial charge in [-0.2, -0.15) is 4.31 Å². The minimum atomic E-state index is -3.38. The van der Waals surface area contributed by atoms with Crippen LogP contribution in [0.1, 0.15) is 34.3 Å². The SMILES string of the molecule is CCN(CC)S(=O)(=O)c1ccc(CCNC(=NC)NCc2nc(C)c(C)s2)s1.I. The van der Waals surface area contributed by atoms with E-state index in [2.05, 4.69) is 27.5 Å². The Balaban J connectivity index is 0.00000420. The summed E-state index contributed by atoms with van der Waals surface area (Å²) in [7, 11) is -1.65. The lowest BCUT2D eigenvalue weighted by Crippen LogP contribution is -2.37. The molecule has 2 N–H and O–H groups in total. The fraction of sp³-hybridized carbons (Fsp3) is 0.556. The maximum atomic E-state index is 12.6. The van der Waals surface area contributed by atoms with Gasteiger partial charge in [0.2, 0.25) is 0 Å². The maximum absolute atomic E-state index is 12.6. The first kappa shape index (κ1) is 26.3. The molecule has 0 aliphatic heterocycles. The van der Waals surface area contributed by atoms with Crippen LogP contribution in [0.25, 0.3) is 0 Å². The molecule has 0 atom stereocenters. The second kappa shape index (κ2) is 12.2. The van der Waals surface area contributed by atoms with Crippen LogP contribution in [0.3, 0.4) is 0 Å². The number of aryl methyl sites for hydroxylation is 2. The van der Waals surface area contributed by atoms with Gasteiger partial charge in [0.15, 0.2) is 5.96 Å². The van der Waals surface area contributed by atoms with Crippen molar-refractivity contribution < 1.29 is 8.42 Å². The van der Waals surface area contributed by atoms with E-state index in [1.165, 1.54) is 20.5 Å². The van der Waals surface area contributed by atoms with Gasteiger partial charge in [-0.15, -0.1) is 46.7 Å². The number of guanidine groups is 1. The van der Waals surface area contributed by atoms with Gasteiger partial charge in [0.25, 0.3) is 10.0 Å². The number of thiophene rings is 1. The molecular formula is C18H30IN5O2S3. The largest absolute Gasteiger partial charge is 0.356 e. The molecule has 0 fully saturated rings. The van der Waals surface area contributed by atoms with Crippen molar-refractivity contribution in [3.8, 4) is 0 Å². The van der Waals surface area contributed by atoms with Gasteiger partial charge in [-0.25, -0.2) is 13.4 Å². The first-order valence-corrected chi connectivity index (χ1v) is 12.3. The number of aromatic nitrogens is 1. The summed E-state index contributed by atoms with van der Waals surface area (Å²) in [6.45, 7) is 10.0. The third-order valence-corrected chi connectivity index (χ3v) is 9.04. The van der Waals surface area contributed by atoms with Crippen LogP contribution in [0.2, 0.25) is 0 Å². The third-order valence-electron chi connectivity index (χ3n) is 4.30. The molecule has 2 heterocycles. The molecule has 0 spiro atoms. The number of sulfonamides is 1. The zero-order chi connectivity index (χ0) is 20.7. The fourth-order valence-electron chi connectivity index (χ4n) is 2.62. The van der Waals surface area contributed by atoms with E-state index in [1.807, 2.05) is 26.8 Å². The summed E-state index contributed by atoms with van der Waals surface area (Å²) < 4.78 is 27.0. The fourth-order valence-corrected chi connectivity index (χ4v) is 6.46. The zero-order valence-electron chi connectivity index (χ0n) is 17.5. The Kier molecular flexibility index (Phi) is 11.0. The second-order valence-corrected chi connectivity index (χ2v) is 10.8. The summed E-state index contributed by atoms with van der Waals surface area (Å²) in [6, 6.07) is 3.59. The van der Waals surface area contributed by atoms with E-state index >= 15 is 0 Å². The highest BCUT2D eigenvalue weighted by Gasteiger charge is 2.23. The Morgan fingerprint density at radius 2 is 1.86 bits per heavy atom. The summed E-state index contributed by atoms with van der Waals surface area (Å²) >= 11 is 3.02. The molecule has 0 bridgehead atoms. The van der Waals surface area contributed by atoms with Gasteiger partial charge in [0.1, 0.15) is 9.22 Å². The van der Waals surface area contributed by atoms with Crippen molar-refractivity contribution in [1.29, 1.82) is 0 Å². The van der Waals surface area contributed by atoms with Gasteiger partial charge in [0, 0.05) is 36.4 Å². The molecule has 0 saturated heterocycles. The topological polar surface area (TPSA) is 86.7 Å². The number of aliphatic imine (C=N–C) groups is 1. The average molecular weight is 572 g/mol. The molecule has 7 nitrogen and oxygen atoms in total. The first-order valence-electron chi connectivity index (χ1n) is 9.28. The van der Waals surface area contributed by atoms with E-state index in [0.29, 0.717) is 36.3 Å². The molecule has 29 heavy (non-hydrogen) atoms. The van der Waals surface area contributed by atoms with Gasteiger partial charge in [-0.3, -0.25) is 4.99 Å². The number of hydrogen-bond acceptors (Lipinski definition) is 6. The highest BCUT2D eigenvalue weighted by Crippen LogP contribution is 2.25. The lowest BCUT2D eigenvalue weighted by atomic mass is 10.3. The quantitative estimate of drug-likeness (QED) is 0.274. The summed E-state index contributed by atoms with van der Waals surface area (Å²) in [6.07, 6.45) is 0.731. The van der Waals surface area contributed by atoms with Crippen molar-refractivity contribution >= 4 is 62.6 Å². The second-order valence-electron chi connectivity index (χ2n) is 6.16. The third kappa shape index (κ3) is 7.16. The maximum Gasteiger partial charge on any atom is 0.252 e. The number of rotatable bonds is 9. The van der Waals surface area contributed by atoms with E-state index in [4.69, 9.17) is 0 Å². The summed E-state index contributed by atoms with van der Waals surface area (Å²) in [4.78, 5) is 11.0. The van der Waals surface area contributed by atoms with Crippen LogP contribution in [0, 0.1) is 13.8 Å². The van der Waals surface area contributed by atoms with Crippen LogP contribution in [-0.4, -0.2) is 50.3 Å². The highest BCUT2D eigenvalue weighted by atomic mass is 127. The number of thiazole rings is 1. The lowest BCUT2D eigenvalue weighted by Gasteiger charge is -2.16. The molecular weight excluding hydrogens is 541 g/mol. The molecule has 11 heteroatoms. The molecule has 0 unspecified atom stereocenters. The van der Waals surface area contributed by atoms with Crippen LogP contribution in [0.15, 0.2) is 21.3 Å². The smallest absolute Gasteiger partial charge is 0.252 e. The summed E-state index contributed by atoms with van der Waals surface area (Å²) in [5, 5.41) is 7.56. The van der Waals surface area contributed by atoms with Crippen molar-refractivity contribution in [3.63, 3.8) is 0 Å². The van der Waals surface area contributed by atoms with Crippen molar-refractivity contribution in [2.75, 3.05) is 26.7 Å². The number of nitrogens with zero attached hydrogens (tertiary/aromatic N) is 3. The standard InChI is InChI=1S/C18H29N5O2S3.HI/c1-6-23(7-2)28(24,25)17-9-8-15(27-17)10-11-20-18(19-5)21-12-16-22-13(3)14(4)26-16;/h8-9H,6-7,10-12H2,1-5H3,(H2,19,20,21);1H. The van der Waals surface area contributed by atoms with E-state index in [-0.39, 0.29) is 24.0 Å². The number of nitrogens with one attached hydrogen (secondary N) is 2. The van der Waals surface area contributed by atoms with Gasteiger partial charge in [-0.05, 0) is 32.4 Å². The monoisotopic (exact) mass is 571 g/mol.